The van der Waals surface area contributed by atoms with E-state index in [-0.39, 0.29) is 30.1 Å². The van der Waals surface area contributed by atoms with E-state index >= 15 is 0 Å². The van der Waals surface area contributed by atoms with Crippen molar-refractivity contribution in [2.45, 2.75) is 44.4 Å². The maximum Gasteiger partial charge on any atom is 0.295 e. The molecule has 0 saturated carbocycles. The predicted molar refractivity (Wildman–Crippen MR) is 107 cm³/mol. The minimum Gasteiger partial charge on any atom is -0.507 e. The normalized spacial score (nSPS) is 27.5. The number of furan rings is 1. The third-order valence-electron chi connectivity index (χ3n) is 5.95. The Labute approximate surface area is 173 Å². The van der Waals surface area contributed by atoms with Gasteiger partial charge >= 0.3 is 0 Å². The van der Waals surface area contributed by atoms with Crippen LogP contribution in [0, 0.1) is 0 Å². The number of aliphatic hydroxyl groups excluding tert-OH is 1. The zero-order valence-electron chi connectivity index (χ0n) is 16.7. The fourth-order valence-electron chi connectivity index (χ4n) is 4.54. The number of carbonyl (C=O) groups is 2. The van der Waals surface area contributed by atoms with Gasteiger partial charge in [-0.25, -0.2) is 0 Å². The molecule has 1 amide bonds. The molecule has 7 heteroatoms. The van der Waals surface area contributed by atoms with Crippen LogP contribution in [0.3, 0.4) is 0 Å². The Morgan fingerprint density at radius 2 is 2.13 bits per heavy atom. The van der Waals surface area contributed by atoms with Crippen LogP contribution in [0.2, 0.25) is 0 Å². The van der Waals surface area contributed by atoms with Gasteiger partial charge in [0.25, 0.3) is 11.7 Å². The van der Waals surface area contributed by atoms with Gasteiger partial charge in [-0.15, -0.1) is 0 Å². The van der Waals surface area contributed by atoms with Crippen molar-refractivity contribution in [2.24, 2.45) is 0 Å². The SMILES string of the molecule is C[C@@H]1Cc2cc(C(O)=C3C(=O)C(=O)N(C[C@@H]4CCCO4)[C@H]3c3ccco3)ccc2O1. The van der Waals surface area contributed by atoms with Gasteiger partial charge < -0.3 is 23.9 Å². The number of hydrogen-bond donors (Lipinski definition) is 1. The number of hydrogen-bond acceptors (Lipinski definition) is 6. The molecular formula is C23H23NO6. The number of carbonyl (C=O) groups excluding carboxylic acids is 2. The number of nitrogens with zero attached hydrogens (tertiary/aromatic N) is 1. The number of ether oxygens (including phenoxy) is 2. The van der Waals surface area contributed by atoms with Crippen molar-refractivity contribution in [2.75, 3.05) is 13.2 Å². The van der Waals surface area contributed by atoms with Crippen LogP contribution in [0.1, 0.15) is 42.7 Å². The van der Waals surface area contributed by atoms with Crippen LogP contribution < -0.4 is 4.74 Å². The molecule has 1 aromatic heterocycles. The quantitative estimate of drug-likeness (QED) is 0.474. The molecule has 3 aliphatic heterocycles. The summed E-state index contributed by atoms with van der Waals surface area (Å²) in [6.07, 6.45) is 3.92. The van der Waals surface area contributed by atoms with Crippen LogP contribution >= 0.6 is 0 Å². The highest BCUT2D eigenvalue weighted by Gasteiger charge is 2.48. The molecule has 0 aliphatic carbocycles. The molecule has 7 nitrogen and oxygen atoms in total. The molecule has 2 fully saturated rings. The summed E-state index contributed by atoms with van der Waals surface area (Å²) in [5.74, 6) is -0.345. The molecular weight excluding hydrogens is 386 g/mol. The van der Waals surface area contributed by atoms with Crippen molar-refractivity contribution < 1.29 is 28.6 Å². The monoisotopic (exact) mass is 409 g/mol. The Hall–Kier alpha value is -3.06. The third-order valence-corrected chi connectivity index (χ3v) is 5.95. The summed E-state index contributed by atoms with van der Waals surface area (Å²) in [5.41, 5.74) is 1.49. The van der Waals surface area contributed by atoms with Gasteiger partial charge in [-0.05, 0) is 55.7 Å². The van der Waals surface area contributed by atoms with Gasteiger partial charge in [0.15, 0.2) is 0 Å². The molecule has 0 unspecified atom stereocenters. The summed E-state index contributed by atoms with van der Waals surface area (Å²) in [5, 5.41) is 11.1. The number of ketones is 1. The number of rotatable bonds is 4. The summed E-state index contributed by atoms with van der Waals surface area (Å²) in [6, 6.07) is 7.95. The van der Waals surface area contributed by atoms with E-state index in [9.17, 15) is 14.7 Å². The number of fused-ring (bicyclic) bond motifs is 1. The van der Waals surface area contributed by atoms with Gasteiger partial charge in [0.1, 0.15) is 29.4 Å². The number of aliphatic hydroxyl groups is 1. The Morgan fingerprint density at radius 3 is 2.87 bits per heavy atom. The van der Waals surface area contributed by atoms with Crippen LogP contribution in [0.15, 0.2) is 46.6 Å². The van der Waals surface area contributed by atoms with Gasteiger partial charge in [0.05, 0.1) is 17.9 Å². The first-order valence-corrected chi connectivity index (χ1v) is 10.3. The molecule has 2 aromatic rings. The second kappa shape index (κ2) is 7.32. The van der Waals surface area contributed by atoms with E-state index in [1.54, 1.807) is 24.3 Å². The maximum absolute atomic E-state index is 13.0. The van der Waals surface area contributed by atoms with E-state index in [4.69, 9.17) is 13.9 Å². The first kappa shape index (κ1) is 18.9. The second-order valence-corrected chi connectivity index (χ2v) is 8.06. The van der Waals surface area contributed by atoms with Crippen molar-refractivity contribution in [1.82, 2.24) is 4.90 Å². The fraction of sp³-hybridized carbons (Fsp3) is 0.391. The minimum atomic E-state index is -0.785. The number of benzene rings is 1. The molecule has 0 radical (unpaired) electrons. The van der Waals surface area contributed by atoms with E-state index in [1.807, 2.05) is 13.0 Å². The number of amides is 1. The highest BCUT2D eigenvalue weighted by atomic mass is 16.5. The lowest BCUT2D eigenvalue weighted by Crippen LogP contribution is -2.36. The van der Waals surface area contributed by atoms with E-state index in [1.165, 1.54) is 11.2 Å². The topological polar surface area (TPSA) is 89.2 Å². The highest BCUT2D eigenvalue weighted by molar-refractivity contribution is 6.46. The zero-order valence-corrected chi connectivity index (χ0v) is 16.7. The average Bonchev–Trinajstić information content (AvgIpc) is 3.51. The Bertz CT molecular complexity index is 1020. The van der Waals surface area contributed by atoms with Crippen LogP contribution in [0.4, 0.5) is 0 Å². The van der Waals surface area contributed by atoms with Crippen molar-refractivity contribution in [3.05, 3.63) is 59.1 Å². The molecule has 4 heterocycles. The maximum atomic E-state index is 13.0. The molecule has 0 spiro atoms. The van der Waals surface area contributed by atoms with Gasteiger partial charge in [0, 0.05) is 25.1 Å². The fourth-order valence-corrected chi connectivity index (χ4v) is 4.54. The van der Waals surface area contributed by atoms with Crippen molar-refractivity contribution in [3.63, 3.8) is 0 Å². The predicted octanol–water partition coefficient (Wildman–Crippen LogP) is 3.20. The van der Waals surface area contributed by atoms with Crippen molar-refractivity contribution in [1.29, 1.82) is 0 Å². The van der Waals surface area contributed by atoms with Gasteiger partial charge in [-0.2, -0.15) is 0 Å². The number of likely N-dealkylation sites (tertiary alicyclic amines) is 1. The minimum absolute atomic E-state index is 0.0415. The van der Waals surface area contributed by atoms with Crippen LogP contribution in [0.5, 0.6) is 5.75 Å². The highest BCUT2D eigenvalue weighted by Crippen LogP contribution is 2.41. The van der Waals surface area contributed by atoms with E-state index in [2.05, 4.69) is 0 Å². The molecule has 1 N–H and O–H groups in total. The standard InChI is InChI=1S/C23H23NO6/c1-13-10-15-11-14(6-7-17(15)30-13)21(25)19-20(18-5-3-9-29-18)24(23(27)22(19)26)12-16-4-2-8-28-16/h3,5-7,9,11,13,16,20,25H,2,4,8,10,12H2,1H3/t13-,16+,20+/m1/s1. The summed E-state index contributed by atoms with van der Waals surface area (Å²) in [6.45, 7) is 2.91. The third kappa shape index (κ3) is 3.10. The van der Waals surface area contributed by atoms with Crippen molar-refractivity contribution in [3.8, 4) is 5.75 Å². The zero-order chi connectivity index (χ0) is 20.8. The largest absolute Gasteiger partial charge is 0.507 e. The van der Waals surface area contributed by atoms with E-state index < -0.39 is 17.7 Å². The smallest absolute Gasteiger partial charge is 0.295 e. The van der Waals surface area contributed by atoms with Crippen LogP contribution in [-0.2, 0) is 20.7 Å². The van der Waals surface area contributed by atoms with Gasteiger partial charge in [-0.3, -0.25) is 9.59 Å². The van der Waals surface area contributed by atoms with Crippen molar-refractivity contribution >= 4 is 17.4 Å². The van der Waals surface area contributed by atoms with Gasteiger partial charge in [-0.1, -0.05) is 0 Å². The summed E-state index contributed by atoms with van der Waals surface area (Å²) in [4.78, 5) is 27.3. The molecule has 0 bridgehead atoms. The lowest BCUT2D eigenvalue weighted by atomic mass is 9.97. The van der Waals surface area contributed by atoms with E-state index in [0.29, 0.717) is 17.9 Å². The Morgan fingerprint density at radius 1 is 1.27 bits per heavy atom. The lowest BCUT2D eigenvalue weighted by molar-refractivity contribution is -0.141. The van der Waals surface area contributed by atoms with E-state index in [0.717, 1.165) is 30.6 Å². The average molecular weight is 409 g/mol. The van der Waals surface area contributed by atoms with Crippen LogP contribution in [-0.4, -0.2) is 47.1 Å². The first-order valence-electron chi connectivity index (χ1n) is 10.3. The molecule has 3 aliphatic rings. The first-order chi connectivity index (χ1) is 14.5. The molecule has 30 heavy (non-hydrogen) atoms. The second-order valence-electron chi connectivity index (χ2n) is 8.06. The lowest BCUT2D eigenvalue weighted by Gasteiger charge is -2.25. The van der Waals surface area contributed by atoms with Gasteiger partial charge in [0.2, 0.25) is 0 Å². The summed E-state index contributed by atoms with van der Waals surface area (Å²) >= 11 is 0. The summed E-state index contributed by atoms with van der Waals surface area (Å²) < 4.78 is 17.0. The number of Topliss-reactive ketones (excluding diaryl/α,β-unsaturated/α-hetero) is 1. The molecule has 156 valence electrons. The summed E-state index contributed by atoms with van der Waals surface area (Å²) in [7, 11) is 0. The molecule has 2 saturated heterocycles. The molecule has 1 aromatic carbocycles. The molecule has 5 rings (SSSR count). The Balaban J connectivity index is 1.57. The van der Waals surface area contributed by atoms with Crippen LogP contribution in [0.25, 0.3) is 5.76 Å². The molecule has 3 atom stereocenters. The Kier molecular flexibility index (Phi) is 4.62.